The van der Waals surface area contributed by atoms with Crippen molar-refractivity contribution in [2.75, 3.05) is 0 Å². The SMILES string of the molecule is CCCCCCCCCCCCCC(=O)N/N=C\c1cc2ccccc2[nH]c1=O. The third-order valence-corrected chi connectivity index (χ3v) is 5.18. The lowest BCUT2D eigenvalue weighted by Gasteiger charge is -2.03. The van der Waals surface area contributed by atoms with Crippen LogP contribution in [0.4, 0.5) is 0 Å². The number of H-pyrrole nitrogens is 1. The van der Waals surface area contributed by atoms with Crippen LogP contribution in [0.25, 0.3) is 10.9 Å². The van der Waals surface area contributed by atoms with Crippen molar-refractivity contribution in [2.45, 2.75) is 84.0 Å². The van der Waals surface area contributed by atoms with Crippen LogP contribution in [0.5, 0.6) is 0 Å². The van der Waals surface area contributed by atoms with E-state index in [1.807, 2.05) is 24.3 Å². The summed E-state index contributed by atoms with van der Waals surface area (Å²) in [4.78, 5) is 26.7. The summed E-state index contributed by atoms with van der Waals surface area (Å²) in [6, 6.07) is 9.34. The number of aromatic amines is 1. The molecule has 1 aromatic carbocycles. The van der Waals surface area contributed by atoms with Gasteiger partial charge < -0.3 is 4.98 Å². The molecule has 2 rings (SSSR count). The molecule has 2 aromatic rings. The number of para-hydroxylation sites is 1. The van der Waals surface area contributed by atoms with Gasteiger partial charge in [-0.1, -0.05) is 89.3 Å². The smallest absolute Gasteiger partial charge is 0.257 e. The van der Waals surface area contributed by atoms with Crippen LogP contribution in [0.1, 0.15) is 89.5 Å². The van der Waals surface area contributed by atoms with Gasteiger partial charge >= 0.3 is 0 Å². The Morgan fingerprint density at radius 3 is 2.28 bits per heavy atom. The van der Waals surface area contributed by atoms with E-state index in [1.54, 1.807) is 6.07 Å². The fourth-order valence-corrected chi connectivity index (χ4v) is 3.44. The van der Waals surface area contributed by atoms with E-state index < -0.39 is 0 Å². The number of hydrogen-bond acceptors (Lipinski definition) is 3. The van der Waals surface area contributed by atoms with Gasteiger partial charge in [0.25, 0.3) is 5.56 Å². The third kappa shape index (κ3) is 9.07. The molecule has 0 unspecified atom stereocenters. The van der Waals surface area contributed by atoms with Crippen LogP contribution in [0.2, 0.25) is 0 Å². The second kappa shape index (κ2) is 13.7. The topological polar surface area (TPSA) is 74.3 Å². The van der Waals surface area contributed by atoms with Crippen molar-refractivity contribution >= 4 is 23.0 Å². The first-order valence-corrected chi connectivity index (χ1v) is 11.1. The molecule has 158 valence electrons. The summed E-state index contributed by atoms with van der Waals surface area (Å²) < 4.78 is 0. The second-order valence-electron chi connectivity index (χ2n) is 7.72. The molecular weight excluding hydrogens is 362 g/mol. The van der Waals surface area contributed by atoms with E-state index in [9.17, 15) is 9.59 Å². The summed E-state index contributed by atoms with van der Waals surface area (Å²) >= 11 is 0. The standard InChI is InChI=1S/C24H35N3O2/c1-2-3-4-5-6-7-8-9-10-11-12-17-23(28)27-25-19-21-18-20-15-13-14-16-22(20)26-24(21)29/h13-16,18-19H,2-12,17H2,1H3,(H,26,29)(H,27,28)/b25-19-. The van der Waals surface area contributed by atoms with Crippen LogP contribution in [0, 0.1) is 0 Å². The number of pyridine rings is 1. The number of aromatic nitrogens is 1. The predicted octanol–water partition coefficient (Wildman–Crippen LogP) is 5.68. The van der Waals surface area contributed by atoms with E-state index in [-0.39, 0.29) is 11.5 Å². The number of carbonyl (C=O) groups excluding carboxylic acids is 1. The summed E-state index contributed by atoms with van der Waals surface area (Å²) in [5, 5.41) is 4.87. The average molecular weight is 398 g/mol. The van der Waals surface area contributed by atoms with E-state index in [4.69, 9.17) is 0 Å². The number of fused-ring (bicyclic) bond motifs is 1. The van der Waals surface area contributed by atoms with Gasteiger partial charge in [0, 0.05) is 11.9 Å². The summed E-state index contributed by atoms with van der Waals surface area (Å²) in [5.41, 5.74) is 3.52. The minimum atomic E-state index is -0.216. The van der Waals surface area contributed by atoms with Gasteiger partial charge in [0.1, 0.15) is 0 Å². The largest absolute Gasteiger partial charge is 0.321 e. The molecule has 0 aliphatic rings. The first-order chi connectivity index (χ1) is 14.2. The van der Waals surface area contributed by atoms with Gasteiger partial charge in [0.05, 0.1) is 11.8 Å². The number of amides is 1. The maximum absolute atomic E-state index is 12.0. The average Bonchev–Trinajstić information content (AvgIpc) is 2.72. The molecule has 1 heterocycles. The Balaban J connectivity index is 1.56. The summed E-state index contributed by atoms with van der Waals surface area (Å²) in [6.07, 6.45) is 15.7. The van der Waals surface area contributed by atoms with Gasteiger partial charge in [-0.05, 0) is 23.9 Å². The monoisotopic (exact) mass is 397 g/mol. The molecule has 0 saturated heterocycles. The van der Waals surface area contributed by atoms with Gasteiger partial charge in [0.2, 0.25) is 5.91 Å². The normalized spacial score (nSPS) is 11.3. The number of nitrogens with zero attached hydrogens (tertiary/aromatic N) is 1. The van der Waals surface area contributed by atoms with Crippen LogP contribution >= 0.6 is 0 Å². The van der Waals surface area contributed by atoms with Crippen LogP contribution < -0.4 is 11.0 Å². The van der Waals surface area contributed by atoms with E-state index in [0.717, 1.165) is 23.7 Å². The highest BCUT2D eigenvalue weighted by Crippen LogP contribution is 2.12. The van der Waals surface area contributed by atoms with E-state index in [0.29, 0.717) is 12.0 Å². The molecular formula is C24H35N3O2. The highest BCUT2D eigenvalue weighted by molar-refractivity contribution is 5.88. The zero-order valence-electron chi connectivity index (χ0n) is 17.7. The molecule has 1 amide bonds. The Morgan fingerprint density at radius 2 is 1.59 bits per heavy atom. The van der Waals surface area contributed by atoms with Gasteiger partial charge in [-0.3, -0.25) is 9.59 Å². The fourth-order valence-electron chi connectivity index (χ4n) is 3.44. The Morgan fingerprint density at radius 1 is 0.966 bits per heavy atom. The van der Waals surface area contributed by atoms with E-state index in [1.165, 1.54) is 64.0 Å². The molecule has 0 fully saturated rings. The van der Waals surface area contributed by atoms with Gasteiger partial charge in [0.15, 0.2) is 0 Å². The predicted molar refractivity (Wildman–Crippen MR) is 121 cm³/mol. The Bertz CT molecular complexity index is 826. The Labute approximate surface area is 174 Å². The van der Waals surface area contributed by atoms with Crippen LogP contribution in [0.15, 0.2) is 40.2 Å². The molecule has 2 N–H and O–H groups in total. The van der Waals surface area contributed by atoms with Crippen LogP contribution in [0.3, 0.4) is 0 Å². The lowest BCUT2D eigenvalue weighted by molar-refractivity contribution is -0.121. The Hall–Kier alpha value is -2.43. The summed E-state index contributed by atoms with van der Waals surface area (Å²) in [5.74, 6) is -0.102. The van der Waals surface area contributed by atoms with Crippen molar-refractivity contribution in [3.05, 3.63) is 46.2 Å². The maximum Gasteiger partial charge on any atom is 0.257 e. The number of nitrogens with one attached hydrogen (secondary N) is 2. The van der Waals surface area contributed by atoms with Gasteiger partial charge in [-0.2, -0.15) is 5.10 Å². The molecule has 0 aliphatic heterocycles. The van der Waals surface area contributed by atoms with Crippen molar-refractivity contribution in [2.24, 2.45) is 5.10 Å². The lowest BCUT2D eigenvalue weighted by Crippen LogP contribution is -2.18. The van der Waals surface area contributed by atoms with E-state index >= 15 is 0 Å². The fraction of sp³-hybridized carbons (Fsp3) is 0.542. The second-order valence-corrected chi connectivity index (χ2v) is 7.72. The molecule has 0 bridgehead atoms. The minimum Gasteiger partial charge on any atom is -0.321 e. The third-order valence-electron chi connectivity index (χ3n) is 5.18. The van der Waals surface area contributed by atoms with Crippen LogP contribution in [-0.4, -0.2) is 17.1 Å². The molecule has 5 heteroatoms. The molecule has 1 aromatic heterocycles. The molecule has 5 nitrogen and oxygen atoms in total. The summed E-state index contributed by atoms with van der Waals surface area (Å²) in [7, 11) is 0. The number of hydrogen-bond donors (Lipinski definition) is 2. The van der Waals surface area contributed by atoms with Gasteiger partial charge in [-0.25, -0.2) is 5.43 Å². The van der Waals surface area contributed by atoms with Crippen molar-refractivity contribution in [3.8, 4) is 0 Å². The maximum atomic E-state index is 12.0. The van der Waals surface area contributed by atoms with Crippen molar-refractivity contribution in [1.29, 1.82) is 0 Å². The number of rotatable bonds is 14. The zero-order chi connectivity index (χ0) is 20.7. The molecule has 0 saturated carbocycles. The van der Waals surface area contributed by atoms with Crippen LogP contribution in [-0.2, 0) is 4.79 Å². The summed E-state index contributed by atoms with van der Waals surface area (Å²) in [6.45, 7) is 2.25. The molecule has 0 aliphatic carbocycles. The lowest BCUT2D eigenvalue weighted by atomic mass is 10.1. The quantitative estimate of drug-likeness (QED) is 0.244. The first-order valence-electron chi connectivity index (χ1n) is 11.1. The molecule has 29 heavy (non-hydrogen) atoms. The number of benzene rings is 1. The number of carbonyl (C=O) groups is 1. The highest BCUT2D eigenvalue weighted by Gasteiger charge is 2.02. The first kappa shape index (κ1) is 22.9. The molecule has 0 spiro atoms. The highest BCUT2D eigenvalue weighted by atomic mass is 16.2. The number of unbranched alkanes of at least 4 members (excludes halogenated alkanes) is 10. The van der Waals surface area contributed by atoms with Crippen molar-refractivity contribution < 1.29 is 4.79 Å². The molecule has 0 atom stereocenters. The zero-order valence-corrected chi connectivity index (χ0v) is 17.7. The van der Waals surface area contributed by atoms with Crippen molar-refractivity contribution in [1.82, 2.24) is 10.4 Å². The van der Waals surface area contributed by atoms with Crippen molar-refractivity contribution in [3.63, 3.8) is 0 Å². The minimum absolute atomic E-state index is 0.102. The van der Waals surface area contributed by atoms with Gasteiger partial charge in [-0.15, -0.1) is 0 Å². The molecule has 0 radical (unpaired) electrons. The number of hydrazone groups is 1. The Kier molecular flexibility index (Phi) is 10.8. The van der Waals surface area contributed by atoms with E-state index in [2.05, 4.69) is 22.4 Å².